The Morgan fingerprint density at radius 2 is 1.64 bits per heavy atom. The molecular weight excluding hydrogens is 276 g/mol. The summed E-state index contributed by atoms with van der Waals surface area (Å²) in [4.78, 5) is -4.13. The maximum atomic E-state index is 13.8. The molecule has 0 amide bonds. The van der Waals surface area contributed by atoms with Crippen molar-refractivity contribution in [1.29, 1.82) is 0 Å². The average molecular weight is 280 g/mol. The van der Waals surface area contributed by atoms with E-state index >= 15 is 0 Å². The van der Waals surface area contributed by atoms with E-state index in [2.05, 4.69) is 6.58 Å². The van der Waals surface area contributed by atoms with E-state index < -0.39 is 15.7 Å². The molecular formula is C8H4Cl4F2. The molecule has 14 heavy (non-hydrogen) atoms. The van der Waals surface area contributed by atoms with Crippen molar-refractivity contribution < 1.29 is 8.78 Å². The number of allylic oxidation sites excluding steroid dienone is 3. The van der Waals surface area contributed by atoms with Gasteiger partial charge in [-0.2, -0.15) is 0 Å². The SMILES string of the molecule is C=C1CC2(Cl)C(Cl)=C(Cl)C1(Cl)C2(F)F. The van der Waals surface area contributed by atoms with Crippen LogP contribution in [0.3, 0.4) is 0 Å². The van der Waals surface area contributed by atoms with E-state index in [9.17, 15) is 8.78 Å². The minimum absolute atomic E-state index is 0.105. The predicted molar refractivity (Wildman–Crippen MR) is 54.6 cm³/mol. The summed E-state index contributed by atoms with van der Waals surface area (Å²) in [6.07, 6.45) is -0.153. The lowest BCUT2D eigenvalue weighted by atomic mass is 10.0. The number of halogens is 6. The van der Waals surface area contributed by atoms with E-state index in [-0.39, 0.29) is 22.1 Å². The van der Waals surface area contributed by atoms with Gasteiger partial charge in [0.1, 0.15) is 0 Å². The second kappa shape index (κ2) is 2.60. The molecule has 2 rings (SSSR count). The quantitative estimate of drug-likeness (QED) is 0.460. The zero-order valence-electron chi connectivity index (χ0n) is 6.68. The Hall–Kier alpha value is 0.500. The van der Waals surface area contributed by atoms with Crippen LogP contribution >= 0.6 is 46.4 Å². The molecule has 2 aliphatic rings. The summed E-state index contributed by atoms with van der Waals surface area (Å²) >= 11 is 22.8. The molecule has 0 spiro atoms. The molecule has 0 nitrogen and oxygen atoms in total. The third-order valence-corrected chi connectivity index (χ3v) is 5.25. The van der Waals surface area contributed by atoms with Gasteiger partial charge in [0, 0.05) is 6.42 Å². The second-order valence-corrected chi connectivity index (χ2v) is 5.41. The van der Waals surface area contributed by atoms with E-state index in [1.165, 1.54) is 0 Å². The minimum Gasteiger partial charge on any atom is -0.202 e. The maximum Gasteiger partial charge on any atom is 0.299 e. The fourth-order valence-corrected chi connectivity index (χ4v) is 3.46. The summed E-state index contributed by atoms with van der Waals surface area (Å²) in [6, 6.07) is 0. The van der Waals surface area contributed by atoms with Gasteiger partial charge in [-0.15, -0.1) is 23.2 Å². The molecule has 0 aromatic rings. The van der Waals surface area contributed by atoms with E-state index in [4.69, 9.17) is 46.4 Å². The van der Waals surface area contributed by atoms with Crippen molar-refractivity contribution >= 4 is 46.4 Å². The van der Waals surface area contributed by atoms with Crippen LogP contribution in [0.25, 0.3) is 0 Å². The number of alkyl halides is 4. The third kappa shape index (κ3) is 0.799. The van der Waals surface area contributed by atoms with Crippen molar-refractivity contribution in [2.75, 3.05) is 0 Å². The highest BCUT2D eigenvalue weighted by Crippen LogP contribution is 2.71. The van der Waals surface area contributed by atoms with Crippen LogP contribution in [0.1, 0.15) is 6.42 Å². The standard InChI is InChI=1S/C8H4Cl4F2/c1-3-2-6(11)4(9)5(10)7(3,12)8(6,13)14/h1-2H2. The lowest BCUT2D eigenvalue weighted by molar-refractivity contribution is -0.0143. The first-order valence-electron chi connectivity index (χ1n) is 3.69. The molecule has 1 saturated carbocycles. The van der Waals surface area contributed by atoms with E-state index in [1.54, 1.807) is 0 Å². The van der Waals surface area contributed by atoms with Crippen molar-refractivity contribution in [3.05, 3.63) is 22.2 Å². The summed E-state index contributed by atoms with van der Waals surface area (Å²) in [6.45, 7) is 3.46. The Morgan fingerprint density at radius 1 is 1.14 bits per heavy atom. The highest BCUT2D eigenvalue weighted by Gasteiger charge is 2.79. The van der Waals surface area contributed by atoms with Gasteiger partial charge in [0.05, 0.1) is 10.1 Å². The Morgan fingerprint density at radius 3 is 1.93 bits per heavy atom. The maximum absolute atomic E-state index is 13.8. The molecule has 2 atom stereocenters. The molecule has 0 radical (unpaired) electrons. The minimum atomic E-state index is -3.39. The normalized spacial score (nSPS) is 45.1. The molecule has 78 valence electrons. The summed E-state index contributed by atoms with van der Waals surface area (Å²) in [5.74, 6) is -3.39. The van der Waals surface area contributed by atoms with Crippen LogP contribution in [-0.4, -0.2) is 15.7 Å². The predicted octanol–water partition coefficient (Wildman–Crippen LogP) is 4.24. The van der Waals surface area contributed by atoms with E-state index in [1.807, 2.05) is 0 Å². The largest absolute Gasteiger partial charge is 0.299 e. The summed E-state index contributed by atoms with van der Waals surface area (Å²) in [5.41, 5.74) is 0.105. The monoisotopic (exact) mass is 278 g/mol. The van der Waals surface area contributed by atoms with Gasteiger partial charge in [0.2, 0.25) is 0 Å². The van der Waals surface area contributed by atoms with Gasteiger partial charge in [-0.1, -0.05) is 29.8 Å². The molecule has 1 fully saturated rings. The molecule has 0 aromatic carbocycles. The molecule has 2 bridgehead atoms. The van der Waals surface area contributed by atoms with Crippen LogP contribution < -0.4 is 0 Å². The molecule has 0 aliphatic heterocycles. The van der Waals surface area contributed by atoms with Gasteiger partial charge in [-0.25, -0.2) is 8.78 Å². The van der Waals surface area contributed by atoms with Crippen LogP contribution in [0.2, 0.25) is 0 Å². The van der Waals surface area contributed by atoms with Crippen LogP contribution in [0.5, 0.6) is 0 Å². The van der Waals surface area contributed by atoms with Crippen LogP contribution in [-0.2, 0) is 0 Å². The van der Waals surface area contributed by atoms with Gasteiger partial charge in [0.15, 0.2) is 9.75 Å². The zero-order valence-corrected chi connectivity index (χ0v) is 9.71. The van der Waals surface area contributed by atoms with Crippen molar-refractivity contribution in [2.45, 2.75) is 22.1 Å². The van der Waals surface area contributed by atoms with Crippen molar-refractivity contribution in [2.24, 2.45) is 0 Å². The van der Waals surface area contributed by atoms with Crippen molar-refractivity contribution in [3.8, 4) is 0 Å². The highest BCUT2D eigenvalue weighted by atomic mass is 35.5. The third-order valence-electron chi connectivity index (χ3n) is 2.72. The van der Waals surface area contributed by atoms with Crippen molar-refractivity contribution in [3.63, 3.8) is 0 Å². The Balaban J connectivity index is 2.77. The van der Waals surface area contributed by atoms with Crippen LogP contribution in [0, 0.1) is 0 Å². The lowest BCUT2D eigenvalue weighted by Crippen LogP contribution is -2.44. The summed E-state index contributed by atoms with van der Waals surface area (Å²) in [7, 11) is 0. The Labute approximate surface area is 99.4 Å². The van der Waals surface area contributed by atoms with Crippen molar-refractivity contribution in [1.82, 2.24) is 0 Å². The van der Waals surface area contributed by atoms with Gasteiger partial charge in [-0.05, 0) is 5.57 Å². The number of fused-ring (bicyclic) bond motifs is 2. The molecule has 0 aromatic heterocycles. The average Bonchev–Trinajstić information content (AvgIpc) is 2.27. The van der Waals surface area contributed by atoms with Gasteiger partial charge in [-0.3, -0.25) is 0 Å². The van der Waals surface area contributed by atoms with Gasteiger partial charge < -0.3 is 0 Å². The molecule has 6 heteroatoms. The van der Waals surface area contributed by atoms with E-state index in [0.717, 1.165) is 0 Å². The summed E-state index contributed by atoms with van der Waals surface area (Å²) < 4.78 is 27.6. The molecule has 0 N–H and O–H groups in total. The number of hydrogen-bond donors (Lipinski definition) is 0. The molecule has 0 heterocycles. The number of rotatable bonds is 0. The molecule has 2 unspecified atom stereocenters. The lowest BCUT2D eigenvalue weighted by Gasteiger charge is -2.27. The van der Waals surface area contributed by atoms with Crippen LogP contribution in [0.15, 0.2) is 22.2 Å². The van der Waals surface area contributed by atoms with Gasteiger partial charge >= 0.3 is 0 Å². The first kappa shape index (κ1) is 11.0. The molecule has 0 saturated heterocycles. The number of hydrogen-bond acceptors (Lipinski definition) is 0. The van der Waals surface area contributed by atoms with E-state index in [0.29, 0.717) is 0 Å². The Bertz CT molecular complexity index is 376. The fraction of sp³-hybridized carbons (Fsp3) is 0.500. The van der Waals surface area contributed by atoms with Gasteiger partial charge in [0.25, 0.3) is 5.92 Å². The topological polar surface area (TPSA) is 0 Å². The zero-order chi connectivity index (χ0) is 10.9. The first-order chi connectivity index (χ1) is 6.19. The second-order valence-electron chi connectivity index (χ2n) is 3.44. The smallest absolute Gasteiger partial charge is 0.202 e. The fourth-order valence-electron chi connectivity index (χ4n) is 1.86. The first-order valence-corrected chi connectivity index (χ1v) is 5.21. The molecule has 2 aliphatic carbocycles. The summed E-state index contributed by atoms with van der Waals surface area (Å²) in [5, 5.41) is -0.578. The van der Waals surface area contributed by atoms with Crippen LogP contribution in [0.4, 0.5) is 8.78 Å². The Kier molecular flexibility index (Phi) is 2.04. The highest BCUT2D eigenvalue weighted by molar-refractivity contribution is 6.52.